The first kappa shape index (κ1) is 14.8. The van der Waals surface area contributed by atoms with Crippen LogP contribution < -0.4 is 5.73 Å². The number of aromatic nitrogens is 1. The molecule has 3 heterocycles. The van der Waals surface area contributed by atoms with Crippen molar-refractivity contribution >= 4 is 5.91 Å². The Kier molecular flexibility index (Phi) is 4.02. The lowest BCUT2D eigenvalue weighted by Gasteiger charge is -2.36. The first-order chi connectivity index (χ1) is 10.5. The lowest BCUT2D eigenvalue weighted by atomic mass is 9.93. The van der Waals surface area contributed by atoms with Crippen molar-refractivity contribution in [3.8, 4) is 11.7 Å². The second-order valence-electron chi connectivity index (χ2n) is 5.95. The first-order valence-electron chi connectivity index (χ1n) is 7.58. The molecule has 0 saturated carbocycles. The maximum absolute atomic E-state index is 11.4. The quantitative estimate of drug-likeness (QED) is 0.937. The number of aryl methyl sites for hydroxylation is 1. The largest absolute Gasteiger partial charge is 0.459 e. The van der Waals surface area contributed by atoms with E-state index < -0.39 is 0 Å². The molecule has 1 saturated heterocycles. The molecular weight excluding hydrogens is 282 g/mol. The fraction of sp³-hybridized carbons (Fsp3) is 0.500. The van der Waals surface area contributed by atoms with Crippen molar-refractivity contribution < 1.29 is 13.6 Å². The van der Waals surface area contributed by atoms with Gasteiger partial charge in [0.15, 0.2) is 5.76 Å². The number of hydrogen-bond acceptors (Lipinski definition) is 5. The van der Waals surface area contributed by atoms with Crippen LogP contribution >= 0.6 is 0 Å². The van der Waals surface area contributed by atoms with Gasteiger partial charge in [-0.2, -0.15) is 0 Å². The Morgan fingerprint density at radius 3 is 3.00 bits per heavy atom. The number of hydrogen-bond donors (Lipinski definition) is 1. The molecular formula is C16H21N3O3. The molecule has 1 amide bonds. The van der Waals surface area contributed by atoms with Gasteiger partial charge in [0.25, 0.3) is 5.89 Å². The molecule has 0 aliphatic carbocycles. The SMILES string of the molecule is Cc1oc(-c2ccco2)nc1CN1C[C@H](C(N)=O)CC[C@H]1C. The molecule has 22 heavy (non-hydrogen) atoms. The minimum absolute atomic E-state index is 0.0760. The Bertz CT molecular complexity index is 648. The molecule has 2 aromatic heterocycles. The van der Waals surface area contributed by atoms with E-state index in [2.05, 4.69) is 16.8 Å². The summed E-state index contributed by atoms with van der Waals surface area (Å²) in [7, 11) is 0. The number of likely N-dealkylation sites (tertiary alicyclic amines) is 1. The number of primary amides is 1. The van der Waals surface area contributed by atoms with Crippen molar-refractivity contribution in [3.63, 3.8) is 0 Å². The zero-order valence-corrected chi connectivity index (χ0v) is 12.9. The summed E-state index contributed by atoms with van der Waals surface area (Å²) in [6.45, 7) is 5.40. The highest BCUT2D eigenvalue weighted by molar-refractivity contribution is 5.77. The molecule has 2 atom stereocenters. The van der Waals surface area contributed by atoms with Crippen molar-refractivity contribution in [2.45, 2.75) is 39.3 Å². The Morgan fingerprint density at radius 2 is 2.32 bits per heavy atom. The molecule has 6 heteroatoms. The summed E-state index contributed by atoms with van der Waals surface area (Å²) >= 11 is 0. The van der Waals surface area contributed by atoms with Crippen LogP contribution in [0.1, 0.15) is 31.2 Å². The van der Waals surface area contributed by atoms with Crippen LogP contribution in [0.15, 0.2) is 27.2 Å². The average Bonchev–Trinajstić information content (AvgIpc) is 3.11. The van der Waals surface area contributed by atoms with E-state index in [1.807, 2.05) is 13.0 Å². The smallest absolute Gasteiger partial charge is 0.263 e. The first-order valence-corrected chi connectivity index (χ1v) is 7.58. The van der Waals surface area contributed by atoms with Crippen LogP contribution in [-0.4, -0.2) is 28.4 Å². The molecule has 2 N–H and O–H groups in total. The van der Waals surface area contributed by atoms with Gasteiger partial charge in [-0.3, -0.25) is 9.69 Å². The van der Waals surface area contributed by atoms with E-state index in [1.54, 1.807) is 12.3 Å². The lowest BCUT2D eigenvalue weighted by molar-refractivity contribution is -0.124. The van der Waals surface area contributed by atoms with Gasteiger partial charge in [-0.15, -0.1) is 0 Å². The van der Waals surface area contributed by atoms with Gasteiger partial charge < -0.3 is 14.6 Å². The van der Waals surface area contributed by atoms with Gasteiger partial charge in [0.2, 0.25) is 5.91 Å². The second-order valence-corrected chi connectivity index (χ2v) is 5.95. The van der Waals surface area contributed by atoms with Crippen molar-refractivity contribution in [1.29, 1.82) is 0 Å². The van der Waals surface area contributed by atoms with Crippen molar-refractivity contribution in [2.24, 2.45) is 11.7 Å². The minimum Gasteiger partial charge on any atom is -0.459 e. The number of amides is 1. The van der Waals surface area contributed by atoms with E-state index in [1.165, 1.54) is 0 Å². The molecule has 6 nitrogen and oxygen atoms in total. The predicted octanol–water partition coefficient (Wildman–Crippen LogP) is 2.33. The molecule has 1 aliphatic heterocycles. The Morgan fingerprint density at radius 1 is 1.50 bits per heavy atom. The van der Waals surface area contributed by atoms with Crippen LogP contribution in [0, 0.1) is 12.8 Å². The van der Waals surface area contributed by atoms with E-state index >= 15 is 0 Å². The van der Waals surface area contributed by atoms with Gasteiger partial charge in [-0.1, -0.05) is 0 Å². The van der Waals surface area contributed by atoms with E-state index in [0.717, 1.165) is 24.3 Å². The van der Waals surface area contributed by atoms with Crippen LogP contribution in [0.25, 0.3) is 11.7 Å². The summed E-state index contributed by atoms with van der Waals surface area (Å²) in [5, 5.41) is 0. The molecule has 1 aliphatic rings. The van der Waals surface area contributed by atoms with Crippen LogP contribution in [0.3, 0.4) is 0 Å². The highest BCUT2D eigenvalue weighted by Crippen LogP contribution is 2.26. The molecule has 0 unspecified atom stereocenters. The number of furan rings is 1. The van der Waals surface area contributed by atoms with Crippen molar-refractivity contribution in [1.82, 2.24) is 9.88 Å². The van der Waals surface area contributed by atoms with Crippen LogP contribution in [0.4, 0.5) is 0 Å². The Labute approximate surface area is 129 Å². The molecule has 2 aromatic rings. The molecule has 1 fully saturated rings. The zero-order chi connectivity index (χ0) is 15.7. The molecule has 3 rings (SSSR count). The summed E-state index contributed by atoms with van der Waals surface area (Å²) in [4.78, 5) is 18.2. The third kappa shape index (κ3) is 2.92. The van der Waals surface area contributed by atoms with E-state index in [9.17, 15) is 4.79 Å². The maximum Gasteiger partial charge on any atom is 0.263 e. The monoisotopic (exact) mass is 303 g/mol. The number of piperidine rings is 1. The zero-order valence-electron chi connectivity index (χ0n) is 12.9. The normalized spacial score (nSPS) is 22.8. The number of nitrogens with two attached hydrogens (primary N) is 1. The topological polar surface area (TPSA) is 85.5 Å². The Hall–Kier alpha value is -2.08. The van der Waals surface area contributed by atoms with Crippen LogP contribution in [0.2, 0.25) is 0 Å². The van der Waals surface area contributed by atoms with E-state index in [-0.39, 0.29) is 11.8 Å². The van der Waals surface area contributed by atoms with E-state index in [0.29, 0.717) is 30.8 Å². The minimum atomic E-state index is -0.218. The van der Waals surface area contributed by atoms with Gasteiger partial charge in [-0.25, -0.2) is 4.98 Å². The molecule has 0 spiro atoms. The summed E-state index contributed by atoms with van der Waals surface area (Å²) in [6.07, 6.45) is 3.43. The molecule has 0 aromatic carbocycles. The average molecular weight is 303 g/mol. The summed E-state index contributed by atoms with van der Waals surface area (Å²) < 4.78 is 11.0. The predicted molar refractivity (Wildman–Crippen MR) is 80.7 cm³/mol. The number of carbonyl (C=O) groups is 1. The molecule has 118 valence electrons. The standard InChI is InChI=1S/C16H21N3O3/c1-10-5-6-12(15(17)20)8-19(10)9-13-11(2)22-16(18-13)14-4-3-7-21-14/h3-4,7,10,12H,5-6,8-9H2,1-2H3,(H2,17,20)/t10-,12-/m1/s1. The summed E-state index contributed by atoms with van der Waals surface area (Å²) in [5.41, 5.74) is 6.33. The summed E-state index contributed by atoms with van der Waals surface area (Å²) in [6, 6.07) is 4.03. The van der Waals surface area contributed by atoms with E-state index in [4.69, 9.17) is 14.6 Å². The summed E-state index contributed by atoms with van der Waals surface area (Å²) in [5.74, 6) is 1.60. The van der Waals surface area contributed by atoms with Gasteiger partial charge in [0.05, 0.1) is 17.9 Å². The van der Waals surface area contributed by atoms with Gasteiger partial charge in [0.1, 0.15) is 5.76 Å². The maximum atomic E-state index is 11.4. The van der Waals surface area contributed by atoms with Gasteiger partial charge >= 0.3 is 0 Å². The lowest BCUT2D eigenvalue weighted by Crippen LogP contribution is -2.45. The van der Waals surface area contributed by atoms with Crippen LogP contribution in [0.5, 0.6) is 0 Å². The number of carbonyl (C=O) groups excluding carboxylic acids is 1. The van der Waals surface area contributed by atoms with Crippen molar-refractivity contribution in [2.75, 3.05) is 6.54 Å². The van der Waals surface area contributed by atoms with Gasteiger partial charge in [-0.05, 0) is 38.8 Å². The fourth-order valence-electron chi connectivity index (χ4n) is 2.90. The van der Waals surface area contributed by atoms with Gasteiger partial charge in [0, 0.05) is 19.1 Å². The highest BCUT2D eigenvalue weighted by Gasteiger charge is 2.29. The van der Waals surface area contributed by atoms with Crippen molar-refractivity contribution in [3.05, 3.63) is 29.9 Å². The fourth-order valence-corrected chi connectivity index (χ4v) is 2.90. The third-order valence-corrected chi connectivity index (χ3v) is 4.39. The number of oxazole rings is 1. The molecule has 0 radical (unpaired) electrons. The van der Waals surface area contributed by atoms with Crippen LogP contribution in [-0.2, 0) is 11.3 Å². The third-order valence-electron chi connectivity index (χ3n) is 4.39. The Balaban J connectivity index is 1.76. The number of rotatable bonds is 4. The number of nitrogens with zero attached hydrogens (tertiary/aromatic N) is 2. The second kappa shape index (κ2) is 5.96. The molecule has 0 bridgehead atoms. The highest BCUT2D eigenvalue weighted by atomic mass is 16.4.